The van der Waals surface area contributed by atoms with Crippen molar-refractivity contribution in [2.24, 2.45) is 5.92 Å². The zero-order chi connectivity index (χ0) is 18.5. The largest absolute Gasteiger partial charge is 0.459 e. The normalized spacial score (nSPS) is 20.2. The molecule has 0 spiro atoms. The van der Waals surface area contributed by atoms with Gasteiger partial charge < -0.3 is 15.0 Å². The Morgan fingerprint density at radius 2 is 1.88 bits per heavy atom. The first kappa shape index (κ1) is 18.4. The maximum atomic E-state index is 12.7. The van der Waals surface area contributed by atoms with Crippen LogP contribution in [0.15, 0.2) is 24.3 Å². The van der Waals surface area contributed by atoms with Crippen molar-refractivity contribution in [2.45, 2.75) is 45.1 Å². The molecule has 1 aromatic carbocycles. The molecule has 6 heteroatoms. The zero-order valence-corrected chi connectivity index (χ0v) is 15.2. The fourth-order valence-corrected chi connectivity index (χ4v) is 3.86. The van der Waals surface area contributed by atoms with Gasteiger partial charge in [-0.05, 0) is 50.2 Å². The van der Waals surface area contributed by atoms with E-state index >= 15 is 0 Å². The maximum absolute atomic E-state index is 12.7. The monoisotopic (exact) mass is 358 g/mol. The number of ether oxygens (including phenoxy) is 1. The molecule has 1 aliphatic heterocycles. The van der Waals surface area contributed by atoms with E-state index in [1.807, 2.05) is 12.1 Å². The fraction of sp³-hybridized carbons (Fsp3) is 0.550. The molecule has 1 N–H and O–H groups in total. The lowest BCUT2D eigenvalue weighted by atomic mass is 9.87. The molecule has 1 saturated heterocycles. The summed E-state index contributed by atoms with van der Waals surface area (Å²) in [7, 11) is 0. The number of carbonyl (C=O) groups is 3. The summed E-state index contributed by atoms with van der Waals surface area (Å²) in [5, 5.41) is 3.20. The Bertz CT molecular complexity index is 680. The Morgan fingerprint density at radius 3 is 2.62 bits per heavy atom. The first-order valence-corrected chi connectivity index (χ1v) is 9.44. The van der Waals surface area contributed by atoms with Gasteiger partial charge in [0.05, 0.1) is 12.6 Å². The first-order valence-electron chi connectivity index (χ1n) is 9.44. The maximum Gasteiger partial charge on any atom is 0.397 e. The summed E-state index contributed by atoms with van der Waals surface area (Å²) >= 11 is 0. The average Bonchev–Trinajstić information content (AvgIpc) is 2.68. The number of benzene rings is 1. The van der Waals surface area contributed by atoms with Crippen molar-refractivity contribution in [3.8, 4) is 0 Å². The molecular weight excluding hydrogens is 332 g/mol. The van der Waals surface area contributed by atoms with Gasteiger partial charge in [-0.1, -0.05) is 24.3 Å². The van der Waals surface area contributed by atoms with Gasteiger partial charge in [-0.15, -0.1) is 0 Å². The van der Waals surface area contributed by atoms with Crippen LogP contribution in [0.4, 0.5) is 0 Å². The summed E-state index contributed by atoms with van der Waals surface area (Å²) in [5.74, 6) is -1.48. The molecule has 26 heavy (non-hydrogen) atoms. The van der Waals surface area contributed by atoms with Crippen LogP contribution in [-0.4, -0.2) is 42.4 Å². The van der Waals surface area contributed by atoms with E-state index in [2.05, 4.69) is 17.4 Å². The molecule has 1 aromatic rings. The molecule has 0 saturated carbocycles. The van der Waals surface area contributed by atoms with Gasteiger partial charge in [-0.3, -0.25) is 9.59 Å². The van der Waals surface area contributed by atoms with Gasteiger partial charge in [0.1, 0.15) is 0 Å². The van der Waals surface area contributed by atoms with Crippen molar-refractivity contribution in [1.29, 1.82) is 0 Å². The summed E-state index contributed by atoms with van der Waals surface area (Å²) in [6, 6.07) is 8.36. The molecule has 0 bridgehead atoms. The molecule has 3 rings (SSSR count). The van der Waals surface area contributed by atoms with Crippen molar-refractivity contribution in [3.05, 3.63) is 35.4 Å². The quantitative estimate of drug-likeness (QED) is 0.662. The third-order valence-corrected chi connectivity index (χ3v) is 5.29. The molecule has 1 fully saturated rings. The van der Waals surface area contributed by atoms with Gasteiger partial charge in [-0.2, -0.15) is 0 Å². The van der Waals surface area contributed by atoms with Gasteiger partial charge in [0.15, 0.2) is 0 Å². The number of nitrogens with one attached hydrogen (secondary N) is 1. The molecular formula is C20H26N2O4. The minimum atomic E-state index is -0.811. The van der Waals surface area contributed by atoms with E-state index in [1.54, 1.807) is 6.92 Å². The second kappa shape index (κ2) is 8.34. The topological polar surface area (TPSA) is 75.7 Å². The summed E-state index contributed by atoms with van der Waals surface area (Å²) in [6.45, 7) is 2.69. The number of hydrogen-bond acceptors (Lipinski definition) is 4. The second-order valence-corrected chi connectivity index (χ2v) is 6.94. The molecule has 1 unspecified atom stereocenters. The van der Waals surface area contributed by atoms with Crippen LogP contribution in [0.3, 0.4) is 0 Å². The highest BCUT2D eigenvalue weighted by atomic mass is 16.5. The van der Waals surface area contributed by atoms with E-state index in [4.69, 9.17) is 4.74 Å². The van der Waals surface area contributed by atoms with Crippen LogP contribution < -0.4 is 5.32 Å². The van der Waals surface area contributed by atoms with Crippen LogP contribution in [0.2, 0.25) is 0 Å². The Morgan fingerprint density at radius 1 is 1.15 bits per heavy atom. The van der Waals surface area contributed by atoms with Crippen molar-refractivity contribution in [3.63, 3.8) is 0 Å². The van der Waals surface area contributed by atoms with Gasteiger partial charge in [0, 0.05) is 19.0 Å². The van der Waals surface area contributed by atoms with E-state index in [9.17, 15) is 14.4 Å². The van der Waals surface area contributed by atoms with E-state index in [-0.39, 0.29) is 24.5 Å². The van der Waals surface area contributed by atoms with E-state index in [1.165, 1.54) is 16.0 Å². The number of fused-ring (bicyclic) bond motifs is 1. The number of hydrogen-bond donors (Lipinski definition) is 1. The second-order valence-electron chi connectivity index (χ2n) is 6.94. The minimum absolute atomic E-state index is 0.0509. The van der Waals surface area contributed by atoms with Crippen LogP contribution in [0.1, 0.15) is 49.8 Å². The highest BCUT2D eigenvalue weighted by Crippen LogP contribution is 2.30. The van der Waals surface area contributed by atoms with Gasteiger partial charge in [0.25, 0.3) is 0 Å². The predicted molar refractivity (Wildman–Crippen MR) is 96.2 cm³/mol. The standard InChI is InChI=1S/C20H26N2O4/c1-2-26-20(25)19(24)22-12-10-15(11-13-22)18(23)21-17-9-5-7-14-6-3-4-8-16(14)17/h3-4,6,8,15,17H,2,5,7,9-13H2,1H3,(H,21,23). The van der Waals surface area contributed by atoms with Crippen LogP contribution in [-0.2, 0) is 25.5 Å². The number of aryl methyl sites for hydroxylation is 1. The van der Waals surface area contributed by atoms with Gasteiger partial charge >= 0.3 is 11.9 Å². The predicted octanol–water partition coefficient (Wildman–Crippen LogP) is 1.98. The summed E-state index contributed by atoms with van der Waals surface area (Å²) in [4.78, 5) is 37.7. The number of nitrogens with zero attached hydrogens (tertiary/aromatic N) is 1. The van der Waals surface area contributed by atoms with Crippen LogP contribution in [0.5, 0.6) is 0 Å². The number of amides is 2. The third kappa shape index (κ3) is 4.06. The van der Waals surface area contributed by atoms with Crippen LogP contribution in [0.25, 0.3) is 0 Å². The molecule has 0 aromatic heterocycles. The molecule has 140 valence electrons. The molecule has 0 radical (unpaired) electrons. The number of rotatable bonds is 3. The molecule has 2 aliphatic rings. The Hall–Kier alpha value is -2.37. The average molecular weight is 358 g/mol. The highest BCUT2D eigenvalue weighted by molar-refractivity contribution is 6.32. The van der Waals surface area contributed by atoms with Gasteiger partial charge in [0.2, 0.25) is 5.91 Å². The third-order valence-electron chi connectivity index (χ3n) is 5.29. The van der Waals surface area contributed by atoms with Crippen LogP contribution in [0, 0.1) is 5.92 Å². The Kier molecular flexibility index (Phi) is 5.91. The fourth-order valence-electron chi connectivity index (χ4n) is 3.86. The lowest BCUT2D eigenvalue weighted by molar-refractivity contribution is -0.160. The first-order chi connectivity index (χ1) is 12.6. The Labute approximate surface area is 153 Å². The highest BCUT2D eigenvalue weighted by Gasteiger charge is 2.32. The Balaban J connectivity index is 1.53. The van der Waals surface area contributed by atoms with Crippen molar-refractivity contribution < 1.29 is 19.1 Å². The lowest BCUT2D eigenvalue weighted by Gasteiger charge is -2.32. The van der Waals surface area contributed by atoms with Crippen molar-refractivity contribution in [2.75, 3.05) is 19.7 Å². The number of likely N-dealkylation sites (tertiary alicyclic amines) is 1. The van der Waals surface area contributed by atoms with Crippen LogP contribution >= 0.6 is 0 Å². The summed E-state index contributed by atoms with van der Waals surface area (Å²) in [6.07, 6.45) is 4.25. The SMILES string of the molecule is CCOC(=O)C(=O)N1CCC(C(=O)NC2CCCc3ccccc32)CC1. The molecule has 6 nitrogen and oxygen atoms in total. The smallest absolute Gasteiger partial charge is 0.397 e. The lowest BCUT2D eigenvalue weighted by Crippen LogP contribution is -2.46. The zero-order valence-electron chi connectivity index (χ0n) is 15.2. The number of esters is 1. The number of piperidine rings is 1. The molecule has 1 heterocycles. The minimum Gasteiger partial charge on any atom is -0.459 e. The van der Waals surface area contributed by atoms with Crippen molar-refractivity contribution in [1.82, 2.24) is 10.2 Å². The molecule has 1 aliphatic carbocycles. The summed E-state index contributed by atoms with van der Waals surface area (Å²) in [5.41, 5.74) is 2.54. The van der Waals surface area contributed by atoms with E-state index < -0.39 is 11.9 Å². The van der Waals surface area contributed by atoms with E-state index in [0.717, 1.165) is 19.3 Å². The van der Waals surface area contributed by atoms with E-state index in [0.29, 0.717) is 25.9 Å². The van der Waals surface area contributed by atoms with Crippen molar-refractivity contribution >= 4 is 17.8 Å². The molecule has 1 atom stereocenters. The molecule has 2 amide bonds. The number of carbonyl (C=O) groups excluding carboxylic acids is 3. The summed E-state index contributed by atoms with van der Waals surface area (Å²) < 4.78 is 4.76. The van der Waals surface area contributed by atoms with Gasteiger partial charge in [-0.25, -0.2) is 4.79 Å².